The number of rotatable bonds is 9. The summed E-state index contributed by atoms with van der Waals surface area (Å²) in [6.07, 6.45) is 4.57. The molecule has 1 fully saturated rings. The summed E-state index contributed by atoms with van der Waals surface area (Å²) in [7, 11) is 2.23. The smallest absolute Gasteiger partial charge is 0.224 e. The van der Waals surface area contributed by atoms with Crippen molar-refractivity contribution >= 4 is 28.6 Å². The highest BCUT2D eigenvalue weighted by atomic mass is 32.1. The van der Waals surface area contributed by atoms with Gasteiger partial charge in [0.25, 0.3) is 0 Å². The largest absolute Gasteiger partial charge is 0.371 e. The van der Waals surface area contributed by atoms with Crippen LogP contribution in [0.25, 0.3) is 0 Å². The van der Waals surface area contributed by atoms with Crippen LogP contribution in [-0.2, 0) is 11.2 Å². The van der Waals surface area contributed by atoms with E-state index in [1.807, 2.05) is 30.3 Å². The molecule has 0 unspecified atom stereocenters. The lowest BCUT2D eigenvalue weighted by molar-refractivity contribution is -0.116. The lowest BCUT2D eigenvalue weighted by atomic mass is 10.0. The number of carbonyl (C=O) groups is 1. The highest BCUT2D eigenvalue weighted by molar-refractivity contribution is 7.09. The van der Waals surface area contributed by atoms with Gasteiger partial charge in [0.2, 0.25) is 5.91 Å². The quantitative estimate of drug-likeness (QED) is 0.407. The third-order valence-corrected chi connectivity index (χ3v) is 7.99. The molecular formula is C28H36N4OS. The first kappa shape index (κ1) is 24.4. The van der Waals surface area contributed by atoms with Crippen molar-refractivity contribution in [2.45, 2.75) is 58.0 Å². The van der Waals surface area contributed by atoms with E-state index in [2.05, 4.69) is 70.6 Å². The van der Waals surface area contributed by atoms with Crippen LogP contribution >= 0.6 is 11.3 Å². The van der Waals surface area contributed by atoms with Gasteiger partial charge in [0.15, 0.2) is 0 Å². The molecule has 0 saturated carbocycles. The van der Waals surface area contributed by atoms with Gasteiger partial charge in [-0.3, -0.25) is 9.69 Å². The second-order valence-corrected chi connectivity index (χ2v) is 10.2. The number of anilines is 2. The number of thiazole rings is 1. The number of aromatic nitrogens is 1. The van der Waals surface area contributed by atoms with Crippen molar-refractivity contribution in [3.63, 3.8) is 0 Å². The van der Waals surface area contributed by atoms with E-state index in [0.717, 1.165) is 50.2 Å². The SMILES string of the molecule is Cc1csc([C@H](C)N(C)C2CCN(c3cccc(NC(=O)CCCc4ccccc4)c3)CC2)n1. The highest BCUT2D eigenvalue weighted by Gasteiger charge is 2.27. The van der Waals surface area contributed by atoms with Crippen molar-refractivity contribution in [2.75, 3.05) is 30.4 Å². The van der Waals surface area contributed by atoms with E-state index in [1.54, 1.807) is 11.3 Å². The fourth-order valence-electron chi connectivity index (χ4n) is 4.69. The molecule has 180 valence electrons. The Balaban J connectivity index is 1.25. The molecule has 1 saturated heterocycles. The number of nitrogens with one attached hydrogen (secondary N) is 1. The fraction of sp³-hybridized carbons (Fsp3) is 0.429. The van der Waals surface area contributed by atoms with Crippen LogP contribution in [-0.4, -0.2) is 42.0 Å². The van der Waals surface area contributed by atoms with E-state index in [9.17, 15) is 4.79 Å². The van der Waals surface area contributed by atoms with Crippen molar-refractivity contribution in [1.82, 2.24) is 9.88 Å². The van der Waals surface area contributed by atoms with Gasteiger partial charge in [-0.1, -0.05) is 36.4 Å². The number of benzene rings is 2. The van der Waals surface area contributed by atoms with Crippen LogP contribution < -0.4 is 10.2 Å². The maximum absolute atomic E-state index is 12.5. The minimum Gasteiger partial charge on any atom is -0.371 e. The summed E-state index contributed by atoms with van der Waals surface area (Å²) in [6.45, 7) is 6.36. The molecule has 1 N–H and O–H groups in total. The number of hydrogen-bond donors (Lipinski definition) is 1. The van der Waals surface area contributed by atoms with Crippen LogP contribution in [0.2, 0.25) is 0 Å². The molecule has 4 rings (SSSR count). The third-order valence-electron chi connectivity index (χ3n) is 6.85. The average molecular weight is 477 g/mol. The lowest BCUT2D eigenvalue weighted by Gasteiger charge is -2.39. The molecule has 1 aliphatic rings. The number of nitrogens with zero attached hydrogens (tertiary/aromatic N) is 3. The Morgan fingerprint density at radius 2 is 1.94 bits per heavy atom. The summed E-state index contributed by atoms with van der Waals surface area (Å²) in [4.78, 5) is 22.1. The summed E-state index contributed by atoms with van der Waals surface area (Å²) in [5.74, 6) is 0.0832. The normalized spacial score (nSPS) is 15.5. The monoisotopic (exact) mass is 476 g/mol. The Bertz CT molecular complexity index is 1060. The topological polar surface area (TPSA) is 48.5 Å². The first-order valence-electron chi connectivity index (χ1n) is 12.3. The number of carbonyl (C=O) groups excluding carboxylic acids is 1. The van der Waals surface area contributed by atoms with Crippen molar-refractivity contribution in [2.24, 2.45) is 0 Å². The molecule has 5 nitrogen and oxygen atoms in total. The molecule has 1 atom stereocenters. The Morgan fingerprint density at radius 1 is 1.18 bits per heavy atom. The zero-order chi connectivity index (χ0) is 23.9. The molecule has 6 heteroatoms. The zero-order valence-electron chi connectivity index (χ0n) is 20.5. The molecule has 2 aromatic carbocycles. The molecule has 0 bridgehead atoms. The van der Waals surface area contributed by atoms with Crippen LogP contribution in [0, 0.1) is 6.92 Å². The molecule has 0 spiro atoms. The predicted octanol–water partition coefficient (Wildman–Crippen LogP) is 6.07. The zero-order valence-corrected chi connectivity index (χ0v) is 21.4. The minimum atomic E-state index is 0.0832. The lowest BCUT2D eigenvalue weighted by Crippen LogP contribution is -2.44. The van der Waals surface area contributed by atoms with Crippen LogP contribution in [0.3, 0.4) is 0 Å². The predicted molar refractivity (Wildman–Crippen MR) is 143 cm³/mol. The van der Waals surface area contributed by atoms with Gasteiger partial charge in [-0.05, 0) is 70.3 Å². The molecule has 3 aromatic rings. The average Bonchev–Trinajstić information content (AvgIpc) is 3.30. The van der Waals surface area contributed by atoms with Crippen molar-refractivity contribution in [1.29, 1.82) is 0 Å². The summed E-state index contributed by atoms with van der Waals surface area (Å²) < 4.78 is 0. The number of hydrogen-bond acceptors (Lipinski definition) is 5. The van der Waals surface area contributed by atoms with Crippen LogP contribution in [0.5, 0.6) is 0 Å². The Hall–Kier alpha value is -2.70. The van der Waals surface area contributed by atoms with Crippen molar-refractivity contribution in [3.05, 3.63) is 76.2 Å². The molecule has 34 heavy (non-hydrogen) atoms. The summed E-state index contributed by atoms with van der Waals surface area (Å²) in [6, 6.07) is 19.5. The van der Waals surface area contributed by atoms with Gasteiger partial charge in [0.1, 0.15) is 5.01 Å². The first-order valence-corrected chi connectivity index (χ1v) is 13.2. The molecule has 2 heterocycles. The Labute approximate surface area is 207 Å². The number of amides is 1. The summed E-state index contributed by atoms with van der Waals surface area (Å²) in [5, 5.41) is 6.43. The molecule has 0 radical (unpaired) electrons. The van der Waals surface area contributed by atoms with E-state index in [0.29, 0.717) is 18.5 Å². The molecule has 0 aliphatic carbocycles. The second-order valence-electron chi connectivity index (χ2n) is 9.32. The Kier molecular flexibility index (Phi) is 8.35. The maximum Gasteiger partial charge on any atom is 0.224 e. The Morgan fingerprint density at radius 3 is 2.65 bits per heavy atom. The maximum atomic E-state index is 12.5. The molecule has 1 aliphatic heterocycles. The van der Waals surface area contributed by atoms with Gasteiger partial charge in [-0.15, -0.1) is 11.3 Å². The number of aryl methyl sites for hydroxylation is 2. The van der Waals surface area contributed by atoms with E-state index in [4.69, 9.17) is 0 Å². The van der Waals surface area contributed by atoms with Gasteiger partial charge in [0.05, 0.1) is 6.04 Å². The van der Waals surface area contributed by atoms with Gasteiger partial charge >= 0.3 is 0 Å². The van der Waals surface area contributed by atoms with E-state index < -0.39 is 0 Å². The summed E-state index contributed by atoms with van der Waals surface area (Å²) in [5.41, 5.74) is 4.46. The summed E-state index contributed by atoms with van der Waals surface area (Å²) >= 11 is 1.76. The number of piperidine rings is 1. The molecule has 1 aromatic heterocycles. The van der Waals surface area contributed by atoms with Gasteiger partial charge in [-0.25, -0.2) is 4.98 Å². The first-order chi connectivity index (χ1) is 16.5. The van der Waals surface area contributed by atoms with Gasteiger partial charge in [-0.2, -0.15) is 0 Å². The van der Waals surface area contributed by atoms with Gasteiger partial charge < -0.3 is 10.2 Å². The van der Waals surface area contributed by atoms with Crippen LogP contribution in [0.1, 0.15) is 54.9 Å². The fourth-order valence-corrected chi connectivity index (χ4v) is 5.59. The van der Waals surface area contributed by atoms with Crippen molar-refractivity contribution < 1.29 is 4.79 Å². The van der Waals surface area contributed by atoms with Crippen LogP contribution in [0.15, 0.2) is 60.0 Å². The van der Waals surface area contributed by atoms with E-state index >= 15 is 0 Å². The highest BCUT2D eigenvalue weighted by Crippen LogP contribution is 2.30. The minimum absolute atomic E-state index is 0.0832. The standard InChI is InChI=1S/C28H36N4OS/c1-21-20-34-28(29-21)22(2)31(3)25-15-17-32(18-16-25)26-13-8-12-24(19-26)30-27(33)14-7-11-23-9-5-4-6-10-23/h4-6,8-10,12-13,19-20,22,25H,7,11,14-18H2,1-3H3,(H,30,33)/t22-/m0/s1. The van der Waals surface area contributed by atoms with E-state index in [1.165, 1.54) is 16.3 Å². The third kappa shape index (κ3) is 6.45. The van der Waals surface area contributed by atoms with Crippen molar-refractivity contribution in [3.8, 4) is 0 Å². The van der Waals surface area contributed by atoms with Gasteiger partial charge in [0, 0.05) is 48.0 Å². The molecular weight excluding hydrogens is 440 g/mol. The van der Waals surface area contributed by atoms with E-state index in [-0.39, 0.29) is 5.91 Å². The van der Waals surface area contributed by atoms with Crippen LogP contribution in [0.4, 0.5) is 11.4 Å². The molecule has 1 amide bonds. The second kappa shape index (κ2) is 11.6.